The lowest BCUT2D eigenvalue weighted by Crippen LogP contribution is -2.58. The van der Waals surface area contributed by atoms with Crippen molar-refractivity contribution in [2.75, 3.05) is 13.1 Å². The number of aliphatic carboxylic acids is 1. The minimum atomic E-state index is -1.53. The molecule has 0 aliphatic rings. The third-order valence-corrected chi connectivity index (χ3v) is 5.70. The molecule has 202 valence electrons. The molecule has 13 nitrogen and oxygen atoms in total. The number of hydrogen-bond donors (Lipinski definition) is 8. The number of amides is 4. The van der Waals surface area contributed by atoms with E-state index in [1.165, 1.54) is 0 Å². The zero-order chi connectivity index (χ0) is 27.0. The fourth-order valence-electron chi connectivity index (χ4n) is 3.30. The van der Waals surface area contributed by atoms with Crippen molar-refractivity contribution >= 4 is 29.6 Å². The quantitative estimate of drug-likeness (QED) is 0.0913. The van der Waals surface area contributed by atoms with Crippen molar-refractivity contribution < 1.29 is 29.1 Å². The third kappa shape index (κ3) is 13.0. The summed E-state index contributed by atoms with van der Waals surface area (Å²) < 4.78 is 0. The van der Waals surface area contributed by atoms with Crippen molar-refractivity contribution in [3.05, 3.63) is 0 Å². The third-order valence-electron chi connectivity index (χ3n) is 5.70. The second-order valence-electron chi connectivity index (χ2n) is 8.68. The molecule has 12 N–H and O–H groups in total. The fraction of sp³-hybridized carbons (Fsp3) is 0.773. The number of primary amides is 1. The van der Waals surface area contributed by atoms with Crippen LogP contribution in [0.3, 0.4) is 0 Å². The monoisotopic (exact) mass is 501 g/mol. The highest BCUT2D eigenvalue weighted by Crippen LogP contribution is 2.11. The first-order valence-electron chi connectivity index (χ1n) is 12.1. The van der Waals surface area contributed by atoms with Crippen LogP contribution in [0, 0.1) is 5.92 Å². The molecule has 0 rings (SSSR count). The van der Waals surface area contributed by atoms with E-state index in [9.17, 15) is 29.1 Å². The van der Waals surface area contributed by atoms with Gasteiger partial charge in [-0.25, -0.2) is 4.79 Å². The molecule has 0 bridgehead atoms. The minimum Gasteiger partial charge on any atom is -0.480 e. The van der Waals surface area contributed by atoms with Crippen molar-refractivity contribution in [3.63, 3.8) is 0 Å². The molecule has 0 aliphatic carbocycles. The second-order valence-corrected chi connectivity index (χ2v) is 8.68. The molecule has 0 aromatic rings. The van der Waals surface area contributed by atoms with Crippen LogP contribution in [-0.4, -0.2) is 72.0 Å². The van der Waals surface area contributed by atoms with Gasteiger partial charge in [0.15, 0.2) is 0 Å². The molecule has 5 unspecified atom stereocenters. The van der Waals surface area contributed by atoms with E-state index in [1.807, 2.05) is 0 Å². The summed E-state index contributed by atoms with van der Waals surface area (Å²) in [6.45, 7) is 4.41. The summed E-state index contributed by atoms with van der Waals surface area (Å²) in [4.78, 5) is 61.1. The van der Waals surface area contributed by atoms with Crippen LogP contribution in [0.15, 0.2) is 0 Å². The molecule has 0 aromatic carbocycles. The van der Waals surface area contributed by atoms with E-state index in [4.69, 9.17) is 22.9 Å². The molecular formula is C22H43N7O6. The Morgan fingerprint density at radius 3 is 1.83 bits per heavy atom. The van der Waals surface area contributed by atoms with Gasteiger partial charge in [-0.3, -0.25) is 19.2 Å². The zero-order valence-electron chi connectivity index (χ0n) is 20.8. The Labute approximate surface area is 206 Å². The second kappa shape index (κ2) is 17.6. The standard InChI is InChI=1S/C22H43N7O6/c1-3-13(2)18(21(33)28-16(22(34)35)12-17(26)30)29-20(32)15(9-5-7-11-24)27-19(31)14(25)8-4-6-10-23/h13-16,18H,3-12,23-25H2,1-2H3,(H2,26,30)(H,27,31)(H,28,33)(H,29,32)(H,34,35). The summed E-state index contributed by atoms with van der Waals surface area (Å²) in [6, 6.07) is -4.41. The fourth-order valence-corrected chi connectivity index (χ4v) is 3.30. The normalized spacial score (nSPS) is 15.2. The van der Waals surface area contributed by atoms with Gasteiger partial charge in [0.2, 0.25) is 23.6 Å². The molecule has 5 atom stereocenters. The lowest BCUT2D eigenvalue weighted by molar-refractivity contribution is -0.144. The van der Waals surface area contributed by atoms with Crippen molar-refractivity contribution in [2.45, 2.75) is 89.4 Å². The van der Waals surface area contributed by atoms with Gasteiger partial charge in [0.05, 0.1) is 12.5 Å². The molecule has 0 radical (unpaired) electrons. The van der Waals surface area contributed by atoms with Gasteiger partial charge in [-0.1, -0.05) is 26.7 Å². The Hall–Kier alpha value is -2.77. The Bertz CT molecular complexity index is 706. The molecule has 0 saturated carbocycles. The van der Waals surface area contributed by atoms with Gasteiger partial charge in [-0.15, -0.1) is 0 Å². The van der Waals surface area contributed by atoms with Crippen LogP contribution in [0.2, 0.25) is 0 Å². The Balaban J connectivity index is 5.50. The van der Waals surface area contributed by atoms with Gasteiger partial charge >= 0.3 is 5.97 Å². The van der Waals surface area contributed by atoms with Crippen LogP contribution in [-0.2, 0) is 24.0 Å². The first-order chi connectivity index (χ1) is 16.5. The summed E-state index contributed by atoms with van der Waals surface area (Å²) in [6.07, 6.45) is 3.15. The Kier molecular flexibility index (Phi) is 16.2. The number of carbonyl (C=O) groups is 5. The van der Waals surface area contributed by atoms with Gasteiger partial charge in [0.1, 0.15) is 18.1 Å². The minimum absolute atomic E-state index is 0.276. The highest BCUT2D eigenvalue weighted by molar-refractivity contribution is 5.95. The largest absolute Gasteiger partial charge is 0.480 e. The van der Waals surface area contributed by atoms with Crippen LogP contribution < -0.4 is 38.9 Å². The van der Waals surface area contributed by atoms with Crippen molar-refractivity contribution in [2.24, 2.45) is 28.9 Å². The van der Waals surface area contributed by atoms with Crippen molar-refractivity contribution in [1.29, 1.82) is 0 Å². The average Bonchev–Trinajstić information content (AvgIpc) is 2.80. The lowest BCUT2D eigenvalue weighted by Gasteiger charge is -2.28. The summed E-state index contributed by atoms with van der Waals surface area (Å²) in [5.74, 6) is -4.57. The van der Waals surface area contributed by atoms with E-state index in [0.29, 0.717) is 45.2 Å². The summed E-state index contributed by atoms with van der Waals surface area (Å²) in [5, 5.41) is 16.8. The predicted octanol–water partition coefficient (Wildman–Crippen LogP) is -1.97. The number of unbranched alkanes of at least 4 members (excludes halogenated alkanes) is 2. The number of nitrogens with two attached hydrogens (primary N) is 4. The van der Waals surface area contributed by atoms with Crippen LogP contribution in [0.25, 0.3) is 0 Å². The van der Waals surface area contributed by atoms with Gasteiger partial charge in [-0.05, 0) is 51.1 Å². The van der Waals surface area contributed by atoms with Gasteiger partial charge in [-0.2, -0.15) is 0 Å². The SMILES string of the molecule is CCC(C)C(NC(=O)C(CCCCN)NC(=O)C(N)CCCCN)C(=O)NC(CC(N)=O)C(=O)O. The molecule has 0 aromatic heterocycles. The first kappa shape index (κ1) is 32.2. The van der Waals surface area contributed by atoms with E-state index < -0.39 is 60.2 Å². The lowest BCUT2D eigenvalue weighted by atomic mass is 9.96. The van der Waals surface area contributed by atoms with E-state index in [-0.39, 0.29) is 12.3 Å². The molecule has 0 heterocycles. The number of carboxylic acid groups (broad SMARTS) is 1. The first-order valence-corrected chi connectivity index (χ1v) is 12.1. The van der Waals surface area contributed by atoms with E-state index in [0.717, 1.165) is 6.42 Å². The van der Waals surface area contributed by atoms with Gasteiger partial charge in [0, 0.05) is 0 Å². The molecule has 35 heavy (non-hydrogen) atoms. The maximum Gasteiger partial charge on any atom is 0.326 e. The molecule has 0 spiro atoms. The van der Waals surface area contributed by atoms with E-state index in [2.05, 4.69) is 16.0 Å². The maximum atomic E-state index is 13.1. The highest BCUT2D eigenvalue weighted by atomic mass is 16.4. The number of carboxylic acids is 1. The summed E-state index contributed by atoms with van der Waals surface area (Å²) >= 11 is 0. The van der Waals surface area contributed by atoms with E-state index in [1.54, 1.807) is 13.8 Å². The molecule has 0 saturated heterocycles. The predicted molar refractivity (Wildman–Crippen MR) is 130 cm³/mol. The van der Waals surface area contributed by atoms with Crippen LogP contribution in [0.1, 0.15) is 65.2 Å². The van der Waals surface area contributed by atoms with Crippen LogP contribution in [0.4, 0.5) is 0 Å². The molecule has 13 heteroatoms. The number of rotatable bonds is 19. The zero-order valence-corrected chi connectivity index (χ0v) is 20.8. The highest BCUT2D eigenvalue weighted by Gasteiger charge is 2.33. The van der Waals surface area contributed by atoms with Gasteiger partial charge in [0.25, 0.3) is 0 Å². The van der Waals surface area contributed by atoms with Crippen LogP contribution >= 0.6 is 0 Å². The van der Waals surface area contributed by atoms with Gasteiger partial charge < -0.3 is 44.0 Å². The van der Waals surface area contributed by atoms with E-state index >= 15 is 0 Å². The summed E-state index contributed by atoms with van der Waals surface area (Å²) in [7, 11) is 0. The molecular weight excluding hydrogens is 458 g/mol. The topological polar surface area (TPSA) is 246 Å². The molecule has 0 fully saturated rings. The number of nitrogens with one attached hydrogen (secondary N) is 3. The Morgan fingerprint density at radius 1 is 0.800 bits per heavy atom. The smallest absolute Gasteiger partial charge is 0.326 e. The number of carbonyl (C=O) groups excluding carboxylic acids is 4. The number of hydrogen-bond acceptors (Lipinski definition) is 8. The average molecular weight is 502 g/mol. The Morgan fingerprint density at radius 2 is 1.34 bits per heavy atom. The van der Waals surface area contributed by atoms with Crippen molar-refractivity contribution in [3.8, 4) is 0 Å². The summed E-state index contributed by atoms with van der Waals surface area (Å²) in [5.41, 5.74) is 22.0. The molecule has 0 aliphatic heterocycles. The van der Waals surface area contributed by atoms with Crippen LogP contribution in [0.5, 0.6) is 0 Å². The molecule has 4 amide bonds. The maximum absolute atomic E-state index is 13.1. The van der Waals surface area contributed by atoms with Crippen molar-refractivity contribution in [1.82, 2.24) is 16.0 Å².